The lowest BCUT2D eigenvalue weighted by Gasteiger charge is -2.22. The fraction of sp³-hybridized carbons (Fsp3) is 0.778. The Morgan fingerprint density at radius 1 is 1.08 bits per heavy atom. The van der Waals surface area contributed by atoms with Gasteiger partial charge < -0.3 is 24.4 Å². The molecule has 0 rings (SSSR count). The molecule has 0 bridgehead atoms. The summed E-state index contributed by atoms with van der Waals surface area (Å²) in [5, 5.41) is 2.60. The molecule has 0 radical (unpaired) electrons. The van der Waals surface area contributed by atoms with Crippen molar-refractivity contribution < 1.29 is 28.6 Å². The Bertz CT molecular complexity index is 477. The molecule has 0 aromatic carbocycles. The number of nitrogens with one attached hydrogen (secondary N) is 1. The van der Waals surface area contributed by atoms with Gasteiger partial charge in [0.15, 0.2) is 0 Å². The van der Waals surface area contributed by atoms with Crippen molar-refractivity contribution >= 4 is 18.0 Å². The van der Waals surface area contributed by atoms with E-state index in [0.29, 0.717) is 13.2 Å². The molecule has 0 saturated heterocycles. The maximum absolute atomic E-state index is 11.7. The van der Waals surface area contributed by atoms with E-state index < -0.39 is 17.7 Å². The van der Waals surface area contributed by atoms with Crippen molar-refractivity contribution in [2.45, 2.75) is 54.1 Å². The van der Waals surface area contributed by atoms with Crippen LogP contribution in [0.3, 0.4) is 0 Å². The van der Waals surface area contributed by atoms with Gasteiger partial charge in [-0.25, -0.2) is 16.2 Å². The predicted molar refractivity (Wildman–Crippen MR) is 97.3 cm³/mol. The number of esters is 2. The van der Waals surface area contributed by atoms with E-state index in [4.69, 9.17) is 16.0 Å². The van der Waals surface area contributed by atoms with Crippen LogP contribution in [0.2, 0.25) is 0 Å². The zero-order valence-corrected chi connectivity index (χ0v) is 16.9. The summed E-state index contributed by atoms with van der Waals surface area (Å²) in [6, 6.07) is 0. The minimum absolute atomic E-state index is 0.0963. The molecule has 1 amide bonds. The standard InChI is InChI=1S/C13H25NO4.C5H7NO2/c1-7-17-11(15)10(9(2)3)8-14-12(16)18-13(4,5)6;1-3-8-5(7)4-6-2/h9-10H,7-8H2,1-6H3,(H,14,16);3-4H2,1H3. The molecule has 150 valence electrons. The van der Waals surface area contributed by atoms with Crippen LogP contribution in [0.25, 0.3) is 4.85 Å². The number of carbonyl (C=O) groups is 3. The van der Waals surface area contributed by atoms with E-state index in [1.54, 1.807) is 34.6 Å². The molecule has 0 saturated carbocycles. The van der Waals surface area contributed by atoms with Gasteiger partial charge in [0.05, 0.1) is 19.1 Å². The van der Waals surface area contributed by atoms with Crippen molar-refractivity contribution in [2.75, 3.05) is 26.3 Å². The van der Waals surface area contributed by atoms with Crippen molar-refractivity contribution in [2.24, 2.45) is 11.8 Å². The molecule has 1 N–H and O–H groups in total. The molecule has 26 heavy (non-hydrogen) atoms. The number of nitrogens with zero attached hydrogens (tertiary/aromatic N) is 1. The number of amides is 1. The Balaban J connectivity index is 0. The van der Waals surface area contributed by atoms with Crippen LogP contribution in [-0.4, -0.2) is 49.9 Å². The molecule has 0 aliphatic carbocycles. The maximum atomic E-state index is 11.7. The minimum Gasteiger partial charge on any atom is -0.466 e. The number of hydrogen-bond acceptors (Lipinski definition) is 6. The van der Waals surface area contributed by atoms with E-state index in [9.17, 15) is 14.4 Å². The fourth-order valence-electron chi connectivity index (χ4n) is 1.62. The molecule has 8 heteroatoms. The molecule has 0 aliphatic heterocycles. The Morgan fingerprint density at radius 3 is 2.00 bits per heavy atom. The number of rotatable bonds is 7. The molecule has 8 nitrogen and oxygen atoms in total. The Hall–Kier alpha value is -2.30. The normalized spacial score (nSPS) is 11.3. The minimum atomic E-state index is -0.540. The highest BCUT2D eigenvalue weighted by atomic mass is 16.6. The van der Waals surface area contributed by atoms with Gasteiger partial charge in [0.1, 0.15) is 5.60 Å². The molecule has 0 heterocycles. The van der Waals surface area contributed by atoms with Crippen LogP contribution in [0.1, 0.15) is 48.5 Å². The first kappa shape index (κ1) is 25.9. The summed E-state index contributed by atoms with van der Waals surface area (Å²) >= 11 is 0. The molecule has 0 aromatic rings. The lowest BCUT2D eigenvalue weighted by Crippen LogP contribution is -2.39. The number of alkyl carbamates (subject to hydrolysis) is 1. The van der Waals surface area contributed by atoms with E-state index in [-0.39, 0.29) is 30.9 Å². The third-order valence-electron chi connectivity index (χ3n) is 2.77. The molecule has 1 unspecified atom stereocenters. The van der Waals surface area contributed by atoms with Crippen LogP contribution in [0, 0.1) is 18.4 Å². The van der Waals surface area contributed by atoms with Crippen molar-refractivity contribution in [3.63, 3.8) is 0 Å². The molecule has 0 fully saturated rings. The van der Waals surface area contributed by atoms with Crippen molar-refractivity contribution in [3.8, 4) is 0 Å². The highest BCUT2D eigenvalue weighted by Gasteiger charge is 2.25. The summed E-state index contributed by atoms with van der Waals surface area (Å²) in [6.07, 6.45) is -0.516. The quantitative estimate of drug-likeness (QED) is 0.419. The van der Waals surface area contributed by atoms with Crippen molar-refractivity contribution in [1.29, 1.82) is 0 Å². The lowest BCUT2D eigenvalue weighted by atomic mass is 9.96. The van der Waals surface area contributed by atoms with Crippen LogP contribution >= 0.6 is 0 Å². The number of ether oxygens (including phenoxy) is 3. The fourth-order valence-corrected chi connectivity index (χ4v) is 1.62. The lowest BCUT2D eigenvalue weighted by molar-refractivity contribution is -0.149. The first-order valence-corrected chi connectivity index (χ1v) is 8.60. The van der Waals surface area contributed by atoms with Gasteiger partial charge >= 0.3 is 24.6 Å². The molecule has 0 aromatic heterocycles. The summed E-state index contributed by atoms with van der Waals surface area (Å²) in [6.45, 7) is 19.7. The van der Waals surface area contributed by atoms with E-state index in [1.165, 1.54) is 0 Å². The zero-order valence-electron chi connectivity index (χ0n) is 16.9. The zero-order chi connectivity index (χ0) is 20.8. The third-order valence-corrected chi connectivity index (χ3v) is 2.77. The SMILES string of the molecule is CCOC(=O)C(CNC(=O)OC(C)(C)C)C(C)C.[C-]#[N+]CC(=O)OCC. The second kappa shape index (κ2) is 13.9. The van der Waals surface area contributed by atoms with Gasteiger partial charge in [0.25, 0.3) is 0 Å². The molecule has 0 spiro atoms. The Morgan fingerprint density at radius 2 is 1.62 bits per heavy atom. The summed E-state index contributed by atoms with van der Waals surface area (Å²) in [5.41, 5.74) is -0.540. The van der Waals surface area contributed by atoms with Gasteiger partial charge in [-0.05, 0) is 40.5 Å². The first-order chi connectivity index (χ1) is 12.0. The summed E-state index contributed by atoms with van der Waals surface area (Å²) in [7, 11) is 0. The van der Waals surface area contributed by atoms with Gasteiger partial charge in [-0.3, -0.25) is 4.79 Å². The van der Waals surface area contributed by atoms with Crippen molar-refractivity contribution in [3.05, 3.63) is 11.4 Å². The van der Waals surface area contributed by atoms with Crippen LogP contribution in [-0.2, 0) is 23.8 Å². The highest BCUT2D eigenvalue weighted by molar-refractivity contribution is 5.74. The first-order valence-electron chi connectivity index (χ1n) is 8.60. The van der Waals surface area contributed by atoms with Gasteiger partial charge in [-0.2, -0.15) is 0 Å². The van der Waals surface area contributed by atoms with Crippen molar-refractivity contribution in [1.82, 2.24) is 5.32 Å². The average molecular weight is 372 g/mol. The van der Waals surface area contributed by atoms with Crippen LogP contribution < -0.4 is 5.32 Å². The average Bonchev–Trinajstić information content (AvgIpc) is 2.46. The summed E-state index contributed by atoms with van der Waals surface area (Å²) < 4.78 is 14.5. The Labute approximate surface area is 156 Å². The largest absolute Gasteiger partial charge is 0.466 e. The maximum Gasteiger partial charge on any atom is 0.407 e. The van der Waals surface area contributed by atoms with E-state index >= 15 is 0 Å². The third kappa shape index (κ3) is 15.2. The number of hydrogen-bond donors (Lipinski definition) is 1. The highest BCUT2D eigenvalue weighted by Crippen LogP contribution is 2.12. The molecule has 0 aliphatic rings. The van der Waals surface area contributed by atoms with Crippen LogP contribution in [0.4, 0.5) is 4.79 Å². The Kier molecular flexibility index (Phi) is 13.9. The molecule has 1 atom stereocenters. The molecular formula is C18H32N2O6. The topological polar surface area (TPSA) is 95.3 Å². The smallest absolute Gasteiger partial charge is 0.407 e. The summed E-state index contributed by atoms with van der Waals surface area (Å²) in [5.74, 6) is -0.984. The van der Waals surface area contributed by atoms with E-state index in [0.717, 1.165) is 0 Å². The van der Waals surface area contributed by atoms with Gasteiger partial charge in [0, 0.05) is 6.54 Å². The van der Waals surface area contributed by atoms with Gasteiger partial charge in [-0.1, -0.05) is 13.8 Å². The number of carbonyl (C=O) groups excluding carboxylic acids is 3. The second-order valence-corrected chi connectivity index (χ2v) is 6.61. The second-order valence-electron chi connectivity index (χ2n) is 6.61. The monoisotopic (exact) mass is 372 g/mol. The van der Waals surface area contributed by atoms with Crippen LogP contribution in [0.15, 0.2) is 0 Å². The predicted octanol–water partition coefficient (Wildman–Crippen LogP) is 2.82. The summed E-state index contributed by atoms with van der Waals surface area (Å²) in [4.78, 5) is 36.2. The molecular weight excluding hydrogens is 340 g/mol. The van der Waals surface area contributed by atoms with Gasteiger partial charge in [0.2, 0.25) is 0 Å². The van der Waals surface area contributed by atoms with E-state index in [2.05, 4.69) is 14.9 Å². The van der Waals surface area contributed by atoms with Crippen LogP contribution in [0.5, 0.6) is 0 Å². The van der Waals surface area contributed by atoms with Gasteiger partial charge in [-0.15, -0.1) is 0 Å². The van der Waals surface area contributed by atoms with E-state index in [1.807, 2.05) is 13.8 Å².